The Morgan fingerprint density at radius 3 is 2.62 bits per heavy atom. The number of nitrogens with one attached hydrogen (secondary N) is 1. The van der Waals surface area contributed by atoms with E-state index in [1.165, 1.54) is 12.1 Å². The van der Waals surface area contributed by atoms with Crippen LogP contribution in [-0.4, -0.2) is 16.0 Å². The minimum atomic E-state index is -1.20. The van der Waals surface area contributed by atoms with Gasteiger partial charge in [0.2, 0.25) is 0 Å². The Hall–Kier alpha value is -2.41. The summed E-state index contributed by atoms with van der Waals surface area (Å²) in [7, 11) is 0. The molecule has 0 aliphatic heterocycles. The van der Waals surface area contributed by atoms with Crippen LogP contribution in [0.2, 0.25) is 0 Å². The molecule has 0 atom stereocenters. The molecule has 0 unspecified atom stereocenters. The number of carboxylic acids is 1. The SMILES string of the molecule is O=C(O)c1ccc(NCc2ccccc2Br)c([N+](=O)[O-])c1. The summed E-state index contributed by atoms with van der Waals surface area (Å²) in [6.07, 6.45) is 0. The van der Waals surface area contributed by atoms with Gasteiger partial charge in [-0.3, -0.25) is 10.1 Å². The highest BCUT2D eigenvalue weighted by atomic mass is 79.9. The summed E-state index contributed by atoms with van der Waals surface area (Å²) >= 11 is 3.40. The number of hydrogen-bond acceptors (Lipinski definition) is 4. The molecule has 2 N–H and O–H groups in total. The first-order valence-electron chi connectivity index (χ1n) is 5.98. The van der Waals surface area contributed by atoms with Gasteiger partial charge in [0.25, 0.3) is 5.69 Å². The summed E-state index contributed by atoms with van der Waals surface area (Å²) in [5, 5.41) is 22.9. The molecule has 0 aliphatic carbocycles. The number of halogens is 1. The summed E-state index contributed by atoms with van der Waals surface area (Å²) in [6, 6.07) is 11.3. The van der Waals surface area contributed by atoms with Crippen LogP contribution in [0.25, 0.3) is 0 Å². The van der Waals surface area contributed by atoms with Crippen LogP contribution in [0.3, 0.4) is 0 Å². The quantitative estimate of drug-likeness (QED) is 0.633. The Balaban J connectivity index is 2.26. The zero-order chi connectivity index (χ0) is 15.4. The number of carboxylic acid groups (broad SMARTS) is 1. The van der Waals surface area contributed by atoms with E-state index in [1.807, 2.05) is 24.3 Å². The van der Waals surface area contributed by atoms with Gasteiger partial charge in [0.05, 0.1) is 10.5 Å². The fraction of sp³-hybridized carbons (Fsp3) is 0.0714. The Morgan fingerprint density at radius 2 is 2.00 bits per heavy atom. The third kappa shape index (κ3) is 3.57. The summed E-state index contributed by atoms with van der Waals surface area (Å²) in [5.41, 5.74) is 0.838. The number of hydrogen-bond donors (Lipinski definition) is 2. The Labute approximate surface area is 128 Å². The molecule has 2 aromatic carbocycles. The second-order valence-corrected chi connectivity index (χ2v) is 5.09. The molecule has 7 heteroatoms. The van der Waals surface area contributed by atoms with E-state index in [2.05, 4.69) is 21.2 Å². The van der Waals surface area contributed by atoms with Crippen LogP contribution in [0.4, 0.5) is 11.4 Å². The van der Waals surface area contributed by atoms with Crippen molar-refractivity contribution in [1.29, 1.82) is 0 Å². The number of nitrogens with zero attached hydrogens (tertiary/aromatic N) is 1. The van der Waals surface area contributed by atoms with Crippen LogP contribution in [-0.2, 0) is 6.54 Å². The van der Waals surface area contributed by atoms with Gasteiger partial charge in [-0.1, -0.05) is 34.1 Å². The smallest absolute Gasteiger partial charge is 0.335 e. The summed E-state index contributed by atoms with van der Waals surface area (Å²) in [4.78, 5) is 21.3. The van der Waals surface area contributed by atoms with E-state index in [0.29, 0.717) is 6.54 Å². The van der Waals surface area contributed by atoms with Crippen molar-refractivity contribution < 1.29 is 14.8 Å². The summed E-state index contributed by atoms with van der Waals surface area (Å²) < 4.78 is 0.891. The van der Waals surface area contributed by atoms with Crippen LogP contribution in [0.15, 0.2) is 46.9 Å². The second kappa shape index (κ2) is 6.36. The maximum Gasteiger partial charge on any atom is 0.335 e. The third-order valence-corrected chi connectivity index (χ3v) is 3.64. The number of nitro groups is 1. The average molecular weight is 351 g/mol. The lowest BCUT2D eigenvalue weighted by Crippen LogP contribution is -2.05. The second-order valence-electron chi connectivity index (χ2n) is 4.24. The van der Waals surface area contributed by atoms with Gasteiger partial charge in [-0.05, 0) is 23.8 Å². The topological polar surface area (TPSA) is 92.5 Å². The highest BCUT2D eigenvalue weighted by molar-refractivity contribution is 9.10. The van der Waals surface area contributed by atoms with Gasteiger partial charge in [-0.15, -0.1) is 0 Å². The van der Waals surface area contributed by atoms with Crippen LogP contribution in [0.5, 0.6) is 0 Å². The zero-order valence-electron chi connectivity index (χ0n) is 10.7. The molecule has 2 rings (SSSR count). The number of carbonyl (C=O) groups is 1. The molecule has 0 bridgehead atoms. The van der Waals surface area contributed by atoms with Crippen molar-refractivity contribution in [1.82, 2.24) is 0 Å². The number of benzene rings is 2. The van der Waals surface area contributed by atoms with Crippen LogP contribution >= 0.6 is 15.9 Å². The lowest BCUT2D eigenvalue weighted by molar-refractivity contribution is -0.384. The van der Waals surface area contributed by atoms with E-state index in [1.54, 1.807) is 0 Å². The van der Waals surface area contributed by atoms with Crippen LogP contribution in [0.1, 0.15) is 15.9 Å². The molecule has 6 nitrogen and oxygen atoms in total. The first-order valence-corrected chi connectivity index (χ1v) is 6.77. The molecule has 0 aromatic heterocycles. The third-order valence-electron chi connectivity index (χ3n) is 2.87. The first kappa shape index (κ1) is 15.0. The molecule has 21 heavy (non-hydrogen) atoms. The van der Waals surface area contributed by atoms with E-state index >= 15 is 0 Å². The lowest BCUT2D eigenvalue weighted by Gasteiger charge is -2.09. The van der Waals surface area contributed by atoms with Gasteiger partial charge in [-0.2, -0.15) is 0 Å². The molecular weight excluding hydrogens is 340 g/mol. The fourth-order valence-electron chi connectivity index (χ4n) is 1.80. The van der Waals surface area contributed by atoms with E-state index < -0.39 is 10.9 Å². The average Bonchev–Trinajstić information content (AvgIpc) is 2.46. The predicted octanol–water partition coefficient (Wildman–Crippen LogP) is 3.67. The standard InChI is InChI=1S/C14H11BrN2O4/c15-11-4-2-1-3-10(11)8-16-12-6-5-9(14(18)19)7-13(12)17(20)21/h1-7,16H,8H2,(H,18,19). The highest BCUT2D eigenvalue weighted by Crippen LogP contribution is 2.27. The van der Waals surface area contributed by atoms with Gasteiger partial charge >= 0.3 is 5.97 Å². The van der Waals surface area contributed by atoms with Gasteiger partial charge in [0, 0.05) is 17.1 Å². The predicted molar refractivity (Wildman–Crippen MR) is 81.5 cm³/mol. The van der Waals surface area contributed by atoms with E-state index in [4.69, 9.17) is 5.11 Å². The Bertz CT molecular complexity index is 703. The molecule has 108 valence electrons. The summed E-state index contributed by atoms with van der Waals surface area (Å²) in [6.45, 7) is 0.384. The highest BCUT2D eigenvalue weighted by Gasteiger charge is 2.17. The van der Waals surface area contributed by atoms with Gasteiger partial charge in [0.15, 0.2) is 0 Å². The fourth-order valence-corrected chi connectivity index (χ4v) is 2.22. The normalized spacial score (nSPS) is 10.1. The lowest BCUT2D eigenvalue weighted by atomic mass is 10.1. The zero-order valence-corrected chi connectivity index (χ0v) is 12.3. The van der Waals surface area contributed by atoms with Gasteiger partial charge in [-0.25, -0.2) is 4.79 Å². The molecule has 0 saturated heterocycles. The monoisotopic (exact) mass is 350 g/mol. The van der Waals surface area contributed by atoms with E-state index in [9.17, 15) is 14.9 Å². The number of aromatic carboxylic acids is 1. The molecule has 0 spiro atoms. The maximum absolute atomic E-state index is 11.0. The summed E-state index contributed by atoms with van der Waals surface area (Å²) in [5.74, 6) is -1.20. The van der Waals surface area contributed by atoms with Crippen molar-refractivity contribution in [2.75, 3.05) is 5.32 Å². The number of anilines is 1. The molecular formula is C14H11BrN2O4. The molecule has 0 fully saturated rings. The minimum absolute atomic E-state index is 0.117. The first-order chi connectivity index (χ1) is 9.99. The minimum Gasteiger partial charge on any atom is -0.478 e. The Morgan fingerprint density at radius 1 is 1.29 bits per heavy atom. The molecule has 0 heterocycles. The van der Waals surface area contributed by atoms with Crippen molar-refractivity contribution in [2.45, 2.75) is 6.54 Å². The van der Waals surface area contributed by atoms with Crippen LogP contribution in [0, 0.1) is 10.1 Å². The van der Waals surface area contributed by atoms with Crippen LogP contribution < -0.4 is 5.32 Å². The molecule has 0 aliphatic rings. The van der Waals surface area contributed by atoms with E-state index in [-0.39, 0.29) is 16.9 Å². The number of nitro benzene ring substituents is 1. The molecule has 2 aromatic rings. The van der Waals surface area contributed by atoms with Crippen molar-refractivity contribution in [3.63, 3.8) is 0 Å². The maximum atomic E-state index is 11.0. The van der Waals surface area contributed by atoms with Crippen molar-refractivity contribution in [3.05, 3.63) is 68.2 Å². The van der Waals surface area contributed by atoms with E-state index in [0.717, 1.165) is 16.1 Å². The number of rotatable bonds is 5. The molecule has 0 amide bonds. The molecule has 0 saturated carbocycles. The van der Waals surface area contributed by atoms with Crippen molar-refractivity contribution in [3.8, 4) is 0 Å². The molecule has 0 radical (unpaired) electrons. The largest absolute Gasteiger partial charge is 0.478 e. The Kier molecular flexibility index (Phi) is 4.54. The van der Waals surface area contributed by atoms with Gasteiger partial charge in [0.1, 0.15) is 5.69 Å². The van der Waals surface area contributed by atoms with Crippen molar-refractivity contribution >= 4 is 33.3 Å². The van der Waals surface area contributed by atoms with Crippen molar-refractivity contribution in [2.24, 2.45) is 0 Å². The van der Waals surface area contributed by atoms with Gasteiger partial charge < -0.3 is 10.4 Å².